The van der Waals surface area contributed by atoms with Crippen molar-refractivity contribution < 1.29 is 23.8 Å². The molecule has 0 radical (unpaired) electrons. The first-order valence-corrected chi connectivity index (χ1v) is 9.06. The average Bonchev–Trinajstić information content (AvgIpc) is 2.52. The van der Waals surface area contributed by atoms with Crippen LogP contribution in [-0.2, 0) is 25.6 Å². The minimum Gasteiger partial charge on any atom is -0.465 e. The standard InChI is InChI=1S/C18H26BrNO5/c1-5-24-16(21)15(19)14(20-17(22)25-18(2,3)4)12-23-11-13-9-7-6-8-10-13/h6-10,14-15H,5,11-12H2,1-4H3,(H,20,22)/t14-,15-/m0/s1. The molecule has 1 rings (SSSR count). The maximum Gasteiger partial charge on any atom is 0.408 e. The summed E-state index contributed by atoms with van der Waals surface area (Å²) in [5.41, 5.74) is 0.367. The molecule has 0 bridgehead atoms. The predicted molar refractivity (Wildman–Crippen MR) is 98.6 cm³/mol. The van der Waals surface area contributed by atoms with Crippen molar-refractivity contribution >= 4 is 28.0 Å². The molecule has 0 aliphatic heterocycles. The first kappa shape index (κ1) is 21.4. The van der Waals surface area contributed by atoms with Crippen LogP contribution in [0.5, 0.6) is 0 Å². The Kier molecular flexibility index (Phi) is 8.92. The summed E-state index contributed by atoms with van der Waals surface area (Å²) in [5.74, 6) is -0.466. The van der Waals surface area contributed by atoms with Crippen LogP contribution < -0.4 is 5.32 Å². The van der Waals surface area contributed by atoms with Gasteiger partial charge < -0.3 is 19.5 Å². The van der Waals surface area contributed by atoms with Crippen LogP contribution >= 0.6 is 15.9 Å². The molecule has 0 aliphatic rings. The second-order valence-electron chi connectivity index (χ2n) is 6.41. The Morgan fingerprint density at radius 1 is 1.20 bits per heavy atom. The third-order valence-corrected chi connectivity index (χ3v) is 3.99. The molecule has 6 nitrogen and oxygen atoms in total. The van der Waals surface area contributed by atoms with E-state index in [1.807, 2.05) is 30.3 Å². The molecule has 0 saturated heterocycles. The van der Waals surface area contributed by atoms with Crippen molar-refractivity contribution in [1.82, 2.24) is 5.32 Å². The summed E-state index contributed by atoms with van der Waals surface area (Å²) in [5, 5.41) is 2.67. The van der Waals surface area contributed by atoms with Crippen LogP contribution in [0.3, 0.4) is 0 Å². The molecule has 0 aromatic heterocycles. The molecular weight excluding hydrogens is 390 g/mol. The number of carbonyl (C=O) groups is 2. The fraction of sp³-hybridized carbons (Fsp3) is 0.556. The fourth-order valence-corrected chi connectivity index (χ4v) is 2.34. The third kappa shape index (κ3) is 8.88. The van der Waals surface area contributed by atoms with Gasteiger partial charge in [0, 0.05) is 0 Å². The highest BCUT2D eigenvalue weighted by molar-refractivity contribution is 9.10. The van der Waals surface area contributed by atoms with E-state index in [0.717, 1.165) is 5.56 Å². The molecule has 7 heteroatoms. The van der Waals surface area contributed by atoms with Gasteiger partial charge in [0.1, 0.15) is 10.4 Å². The largest absolute Gasteiger partial charge is 0.465 e. The maximum atomic E-state index is 12.0. The molecule has 0 spiro atoms. The number of hydrogen-bond acceptors (Lipinski definition) is 5. The Balaban J connectivity index is 2.66. The van der Waals surface area contributed by atoms with E-state index in [9.17, 15) is 9.59 Å². The van der Waals surface area contributed by atoms with Crippen LogP contribution in [0.2, 0.25) is 0 Å². The number of halogens is 1. The van der Waals surface area contributed by atoms with E-state index in [1.165, 1.54) is 0 Å². The van der Waals surface area contributed by atoms with Crippen molar-refractivity contribution in [1.29, 1.82) is 0 Å². The lowest BCUT2D eigenvalue weighted by atomic mass is 10.2. The van der Waals surface area contributed by atoms with Gasteiger partial charge in [-0.3, -0.25) is 4.79 Å². The molecule has 2 atom stereocenters. The fourth-order valence-electron chi connectivity index (χ4n) is 1.92. The molecule has 0 saturated carbocycles. The number of alkyl carbamates (subject to hydrolysis) is 1. The highest BCUT2D eigenvalue weighted by atomic mass is 79.9. The Hall–Kier alpha value is -1.60. The van der Waals surface area contributed by atoms with E-state index in [1.54, 1.807) is 27.7 Å². The van der Waals surface area contributed by atoms with Gasteiger partial charge in [-0.2, -0.15) is 0 Å². The van der Waals surface area contributed by atoms with Crippen LogP contribution in [-0.4, -0.2) is 41.7 Å². The van der Waals surface area contributed by atoms with Crippen LogP contribution in [0.15, 0.2) is 30.3 Å². The number of carbonyl (C=O) groups excluding carboxylic acids is 2. The van der Waals surface area contributed by atoms with Gasteiger partial charge in [0.05, 0.1) is 25.9 Å². The van der Waals surface area contributed by atoms with Crippen molar-refractivity contribution in [2.45, 2.75) is 50.8 Å². The predicted octanol–water partition coefficient (Wildman–Crippen LogP) is 3.42. The Labute approximate surface area is 157 Å². The molecule has 0 unspecified atom stereocenters. The minimum absolute atomic E-state index is 0.128. The van der Waals surface area contributed by atoms with E-state index in [-0.39, 0.29) is 13.2 Å². The molecule has 0 aliphatic carbocycles. The number of ether oxygens (including phenoxy) is 3. The van der Waals surface area contributed by atoms with E-state index in [2.05, 4.69) is 21.2 Å². The van der Waals surface area contributed by atoms with E-state index in [4.69, 9.17) is 14.2 Å². The number of amides is 1. The molecule has 0 fully saturated rings. The van der Waals surface area contributed by atoms with Crippen LogP contribution in [0, 0.1) is 0 Å². The SMILES string of the molecule is CCOC(=O)[C@@H](Br)[C@H](COCc1ccccc1)NC(=O)OC(C)(C)C. The van der Waals surface area contributed by atoms with E-state index < -0.39 is 28.5 Å². The minimum atomic E-state index is -0.740. The zero-order chi connectivity index (χ0) is 18.9. The van der Waals surface area contributed by atoms with E-state index >= 15 is 0 Å². The lowest BCUT2D eigenvalue weighted by Crippen LogP contribution is -2.49. The molecule has 1 amide bonds. The van der Waals surface area contributed by atoms with Gasteiger partial charge in [-0.15, -0.1) is 0 Å². The van der Waals surface area contributed by atoms with E-state index in [0.29, 0.717) is 6.61 Å². The van der Waals surface area contributed by atoms with Gasteiger partial charge in [0.25, 0.3) is 0 Å². The molecule has 25 heavy (non-hydrogen) atoms. The lowest BCUT2D eigenvalue weighted by molar-refractivity contribution is -0.143. The zero-order valence-corrected chi connectivity index (χ0v) is 16.7. The Morgan fingerprint density at radius 3 is 2.40 bits per heavy atom. The molecular formula is C18H26BrNO5. The number of rotatable bonds is 8. The molecule has 1 N–H and O–H groups in total. The number of nitrogens with one attached hydrogen (secondary N) is 1. The van der Waals surface area contributed by atoms with Crippen molar-refractivity contribution in [3.63, 3.8) is 0 Å². The monoisotopic (exact) mass is 415 g/mol. The lowest BCUT2D eigenvalue weighted by Gasteiger charge is -2.25. The first-order chi connectivity index (χ1) is 11.7. The van der Waals surface area contributed by atoms with Crippen LogP contribution in [0.25, 0.3) is 0 Å². The second-order valence-corrected chi connectivity index (χ2v) is 7.39. The highest BCUT2D eigenvalue weighted by Gasteiger charge is 2.30. The van der Waals surface area contributed by atoms with Crippen molar-refractivity contribution in [3.8, 4) is 0 Å². The molecule has 140 valence electrons. The summed E-state index contributed by atoms with van der Waals surface area (Å²) < 4.78 is 15.9. The maximum absolute atomic E-state index is 12.0. The summed E-state index contributed by atoms with van der Waals surface area (Å²) in [6.45, 7) is 7.78. The van der Waals surface area contributed by atoms with Crippen molar-refractivity contribution in [3.05, 3.63) is 35.9 Å². The summed E-state index contributed by atoms with van der Waals surface area (Å²) >= 11 is 3.28. The Morgan fingerprint density at radius 2 is 1.84 bits per heavy atom. The topological polar surface area (TPSA) is 73.9 Å². The number of benzene rings is 1. The van der Waals surface area contributed by atoms with Gasteiger partial charge >= 0.3 is 12.1 Å². The average molecular weight is 416 g/mol. The molecule has 1 aromatic carbocycles. The first-order valence-electron chi connectivity index (χ1n) is 8.15. The molecule has 0 heterocycles. The van der Waals surface area contributed by atoms with Crippen molar-refractivity contribution in [2.75, 3.05) is 13.2 Å². The Bertz CT molecular complexity index is 544. The quantitative estimate of drug-likeness (QED) is 0.519. The van der Waals surface area contributed by atoms with Crippen molar-refractivity contribution in [2.24, 2.45) is 0 Å². The number of hydrogen-bond donors (Lipinski definition) is 1. The number of esters is 1. The zero-order valence-electron chi connectivity index (χ0n) is 15.1. The van der Waals surface area contributed by atoms with Gasteiger partial charge in [-0.05, 0) is 33.3 Å². The second kappa shape index (κ2) is 10.4. The summed E-state index contributed by atoms with van der Waals surface area (Å²) in [7, 11) is 0. The van der Waals surface area contributed by atoms with Gasteiger partial charge in [-0.25, -0.2) is 4.79 Å². The smallest absolute Gasteiger partial charge is 0.408 e. The van der Waals surface area contributed by atoms with Gasteiger partial charge in [0.2, 0.25) is 0 Å². The summed E-state index contributed by atoms with van der Waals surface area (Å²) in [6, 6.07) is 9.01. The van der Waals surface area contributed by atoms with Gasteiger partial charge in [-0.1, -0.05) is 46.3 Å². The number of alkyl halides is 1. The van der Waals surface area contributed by atoms with Gasteiger partial charge in [0.15, 0.2) is 0 Å². The normalized spacial score (nSPS) is 13.6. The van der Waals surface area contributed by atoms with Crippen LogP contribution in [0.4, 0.5) is 4.79 Å². The van der Waals surface area contributed by atoms with Crippen LogP contribution in [0.1, 0.15) is 33.3 Å². The third-order valence-electron chi connectivity index (χ3n) is 2.98. The summed E-state index contributed by atoms with van der Waals surface area (Å²) in [6.07, 6.45) is -0.616. The molecule has 1 aromatic rings. The highest BCUT2D eigenvalue weighted by Crippen LogP contribution is 2.13. The summed E-state index contributed by atoms with van der Waals surface area (Å²) in [4.78, 5) is 23.3.